The molecule has 1 aliphatic rings. The molecule has 1 aliphatic heterocycles. The van der Waals surface area contributed by atoms with Crippen LogP contribution in [-0.4, -0.2) is 49.2 Å². The van der Waals surface area contributed by atoms with Gasteiger partial charge in [-0.3, -0.25) is 9.69 Å². The van der Waals surface area contributed by atoms with E-state index < -0.39 is 32.8 Å². The summed E-state index contributed by atoms with van der Waals surface area (Å²) in [5.74, 6) is -1.46. The Balaban J connectivity index is 2.20. The van der Waals surface area contributed by atoms with E-state index in [4.69, 9.17) is 4.74 Å². The van der Waals surface area contributed by atoms with Crippen LogP contribution < -0.4 is 4.90 Å². The van der Waals surface area contributed by atoms with E-state index in [0.717, 1.165) is 17.7 Å². The fraction of sp³-hybridized carbons (Fsp3) is 0.429. The number of carboxylic acid groups (broad SMARTS) is 1. The summed E-state index contributed by atoms with van der Waals surface area (Å²) in [6.45, 7) is 1.22. The predicted molar refractivity (Wildman–Crippen MR) is 87.3 cm³/mol. The highest BCUT2D eigenvalue weighted by molar-refractivity contribution is 9.10. The highest BCUT2D eigenvalue weighted by Gasteiger charge is 2.48. The molecule has 1 unspecified atom stereocenters. The topological polar surface area (TPSA) is 101 Å². The van der Waals surface area contributed by atoms with E-state index >= 15 is 0 Å². The van der Waals surface area contributed by atoms with E-state index in [-0.39, 0.29) is 13.0 Å². The second-order valence-corrected chi connectivity index (χ2v) is 8.97. The van der Waals surface area contributed by atoms with Gasteiger partial charge in [0.25, 0.3) is 0 Å². The number of rotatable bonds is 5. The monoisotopic (exact) mass is 405 g/mol. The number of benzene rings is 1. The zero-order valence-electron chi connectivity index (χ0n) is 12.5. The molecule has 23 heavy (non-hydrogen) atoms. The number of carbonyl (C=O) groups excluding carboxylic acids is 1. The Morgan fingerprint density at radius 2 is 2.00 bits per heavy atom. The number of sulfone groups is 1. The maximum absolute atomic E-state index is 12.0. The van der Waals surface area contributed by atoms with Crippen molar-refractivity contribution in [3.8, 4) is 0 Å². The lowest BCUT2D eigenvalue weighted by atomic mass is 10.0. The Kier molecular flexibility index (Phi) is 4.72. The van der Waals surface area contributed by atoms with Gasteiger partial charge in [0.1, 0.15) is 6.10 Å². The molecule has 9 heteroatoms. The summed E-state index contributed by atoms with van der Waals surface area (Å²) >= 11 is 3.29. The minimum Gasteiger partial charge on any atom is -0.480 e. The fourth-order valence-corrected chi connectivity index (χ4v) is 3.36. The van der Waals surface area contributed by atoms with Gasteiger partial charge in [0.15, 0.2) is 14.6 Å². The molecule has 126 valence electrons. The zero-order chi connectivity index (χ0) is 17.4. The van der Waals surface area contributed by atoms with Crippen molar-refractivity contribution in [3.63, 3.8) is 0 Å². The molecular weight excluding hydrogens is 390 g/mol. The van der Waals surface area contributed by atoms with Gasteiger partial charge in [0, 0.05) is 22.8 Å². The van der Waals surface area contributed by atoms with E-state index in [1.165, 1.54) is 4.90 Å². The molecule has 0 aromatic heterocycles. The van der Waals surface area contributed by atoms with Crippen molar-refractivity contribution in [3.05, 3.63) is 28.7 Å². The average Bonchev–Trinajstić information content (AvgIpc) is 2.78. The molecular formula is C14H16BrNO6S. The van der Waals surface area contributed by atoms with Crippen molar-refractivity contribution in [1.82, 2.24) is 0 Å². The molecule has 1 fully saturated rings. The minimum atomic E-state index is -3.87. The number of anilines is 1. The Morgan fingerprint density at radius 3 is 2.48 bits per heavy atom. The first kappa shape index (κ1) is 17.7. The molecule has 0 bridgehead atoms. The SMILES string of the molecule is CC(C[C@H]1CN(c2ccc(Br)cc2)C(=O)O1)(C(=O)O)S(C)(=O)=O. The van der Waals surface area contributed by atoms with Crippen LogP contribution in [0.4, 0.5) is 10.5 Å². The minimum absolute atomic E-state index is 0.0961. The zero-order valence-corrected chi connectivity index (χ0v) is 14.9. The number of halogens is 1. The van der Waals surface area contributed by atoms with Crippen LogP contribution in [0, 0.1) is 0 Å². The molecule has 1 amide bonds. The second kappa shape index (κ2) is 6.12. The van der Waals surface area contributed by atoms with Crippen LogP contribution in [0.25, 0.3) is 0 Å². The Bertz CT molecular complexity index is 732. The summed E-state index contributed by atoms with van der Waals surface area (Å²) in [5.41, 5.74) is 0.595. The van der Waals surface area contributed by atoms with E-state index in [2.05, 4.69) is 15.9 Å². The van der Waals surface area contributed by atoms with Gasteiger partial charge in [-0.1, -0.05) is 15.9 Å². The summed E-state index contributed by atoms with van der Waals surface area (Å²) in [6.07, 6.45) is -0.884. The molecule has 2 atom stereocenters. The van der Waals surface area contributed by atoms with E-state index in [0.29, 0.717) is 5.69 Å². The summed E-state index contributed by atoms with van der Waals surface area (Å²) in [5, 5.41) is 9.27. The van der Waals surface area contributed by atoms with E-state index in [1.807, 2.05) is 0 Å². The summed E-state index contributed by atoms with van der Waals surface area (Å²) in [7, 11) is -3.87. The van der Waals surface area contributed by atoms with Crippen LogP contribution in [0.3, 0.4) is 0 Å². The van der Waals surface area contributed by atoms with E-state index in [9.17, 15) is 23.1 Å². The largest absolute Gasteiger partial charge is 0.480 e. The van der Waals surface area contributed by atoms with Gasteiger partial charge in [-0.05, 0) is 31.2 Å². The van der Waals surface area contributed by atoms with Crippen molar-refractivity contribution in [2.45, 2.75) is 24.2 Å². The molecule has 1 aromatic rings. The molecule has 0 radical (unpaired) electrons. The smallest absolute Gasteiger partial charge is 0.414 e. The van der Waals surface area contributed by atoms with Crippen LogP contribution in [0.1, 0.15) is 13.3 Å². The normalized spacial score (nSPS) is 20.9. The second-order valence-electron chi connectivity index (χ2n) is 5.61. The molecule has 0 saturated carbocycles. The molecule has 7 nitrogen and oxygen atoms in total. The molecule has 1 saturated heterocycles. The number of cyclic esters (lactones) is 1. The number of nitrogens with zero attached hydrogens (tertiary/aromatic N) is 1. The van der Waals surface area contributed by atoms with Gasteiger partial charge in [0.2, 0.25) is 0 Å². The Hall–Kier alpha value is -1.61. The predicted octanol–water partition coefficient (Wildman–Crippen LogP) is 2.05. The van der Waals surface area contributed by atoms with E-state index in [1.54, 1.807) is 24.3 Å². The fourth-order valence-electron chi connectivity index (χ4n) is 2.29. The van der Waals surface area contributed by atoms with Crippen LogP contribution in [0.5, 0.6) is 0 Å². The standard InChI is InChI=1S/C14H16BrNO6S/c1-14(12(17)18,23(2,20)21)7-11-8-16(13(19)22-11)10-5-3-9(15)4-6-10/h3-6,11H,7-8H2,1-2H3,(H,17,18)/t11-,14?/m0/s1. The lowest BCUT2D eigenvalue weighted by Gasteiger charge is -2.24. The van der Waals surface area contributed by atoms with Gasteiger partial charge in [-0.2, -0.15) is 0 Å². The first-order valence-electron chi connectivity index (χ1n) is 6.71. The van der Waals surface area contributed by atoms with Gasteiger partial charge in [0.05, 0.1) is 6.54 Å². The van der Waals surface area contributed by atoms with Crippen LogP contribution in [-0.2, 0) is 19.4 Å². The highest BCUT2D eigenvalue weighted by atomic mass is 79.9. The number of hydrogen-bond donors (Lipinski definition) is 1. The van der Waals surface area contributed by atoms with Crippen LogP contribution >= 0.6 is 15.9 Å². The maximum Gasteiger partial charge on any atom is 0.414 e. The van der Waals surface area contributed by atoms with Crippen molar-refractivity contribution in [2.24, 2.45) is 0 Å². The molecule has 1 N–H and O–H groups in total. The number of aliphatic carboxylic acids is 1. The third-order valence-electron chi connectivity index (χ3n) is 3.90. The summed E-state index contributed by atoms with van der Waals surface area (Å²) < 4.78 is 27.6. The van der Waals surface area contributed by atoms with Crippen molar-refractivity contribution < 1.29 is 27.9 Å². The number of hydrogen-bond acceptors (Lipinski definition) is 5. The van der Waals surface area contributed by atoms with Crippen molar-refractivity contribution in [1.29, 1.82) is 0 Å². The van der Waals surface area contributed by atoms with Gasteiger partial charge in [-0.25, -0.2) is 13.2 Å². The van der Waals surface area contributed by atoms with Crippen molar-refractivity contribution >= 4 is 43.5 Å². The lowest BCUT2D eigenvalue weighted by molar-refractivity contribution is -0.140. The van der Waals surface area contributed by atoms with Gasteiger partial charge >= 0.3 is 12.1 Å². The van der Waals surface area contributed by atoms with Gasteiger partial charge < -0.3 is 9.84 Å². The third kappa shape index (κ3) is 3.50. The average molecular weight is 406 g/mol. The Labute approximate surface area is 142 Å². The maximum atomic E-state index is 12.0. The lowest BCUT2D eigenvalue weighted by Crippen LogP contribution is -2.46. The number of amides is 1. The molecule has 2 rings (SSSR count). The quantitative estimate of drug-likeness (QED) is 0.804. The molecule has 1 aromatic carbocycles. The highest BCUT2D eigenvalue weighted by Crippen LogP contribution is 2.30. The number of carboxylic acids is 1. The molecule has 0 spiro atoms. The number of ether oxygens (including phenoxy) is 1. The first-order chi connectivity index (χ1) is 10.5. The summed E-state index contributed by atoms with van der Waals surface area (Å²) in [6, 6.07) is 6.93. The first-order valence-corrected chi connectivity index (χ1v) is 9.40. The Morgan fingerprint density at radius 1 is 1.43 bits per heavy atom. The van der Waals surface area contributed by atoms with Crippen molar-refractivity contribution in [2.75, 3.05) is 17.7 Å². The van der Waals surface area contributed by atoms with Crippen LogP contribution in [0.2, 0.25) is 0 Å². The van der Waals surface area contributed by atoms with Gasteiger partial charge in [-0.15, -0.1) is 0 Å². The summed E-state index contributed by atoms with van der Waals surface area (Å²) in [4.78, 5) is 24.7. The molecule has 1 heterocycles. The number of carbonyl (C=O) groups is 2. The molecule has 0 aliphatic carbocycles. The third-order valence-corrected chi connectivity index (χ3v) is 6.41. The van der Waals surface area contributed by atoms with Crippen LogP contribution in [0.15, 0.2) is 28.7 Å².